The summed E-state index contributed by atoms with van der Waals surface area (Å²) in [5, 5.41) is 0. The van der Waals surface area contributed by atoms with Crippen LogP contribution in [0.3, 0.4) is 0 Å². The lowest BCUT2D eigenvalue weighted by molar-refractivity contribution is 2.50. The summed E-state index contributed by atoms with van der Waals surface area (Å²) in [6.07, 6.45) is 0. The van der Waals surface area contributed by atoms with Crippen molar-refractivity contribution >= 4 is 24.8 Å². The monoisotopic (exact) mass is 120 g/mol. The fourth-order valence-electron chi connectivity index (χ4n) is 0. The third-order valence-electron chi connectivity index (χ3n) is 0. The Kier molecular flexibility index (Phi) is 12100. The molecule has 0 N–H and O–H groups in total. The highest BCUT2D eigenvalue weighted by molar-refractivity contribution is 5.85. The van der Waals surface area contributed by atoms with E-state index in [0.29, 0.717) is 0 Å². The Morgan fingerprint density at radius 3 is 0.400 bits per heavy atom. The molecule has 0 aliphatic carbocycles. The Balaban J connectivity index is 0. The summed E-state index contributed by atoms with van der Waals surface area (Å²) in [5.74, 6) is 0. The molecule has 0 aliphatic heterocycles. The molecular formula is C3H14Cl2. The molecule has 0 radical (unpaired) electrons. The number of rotatable bonds is 0. The third-order valence-corrected chi connectivity index (χ3v) is 0. The normalized spacial score (nSPS) is 0. The topological polar surface area (TPSA) is 0 Å². The van der Waals surface area contributed by atoms with E-state index in [0.717, 1.165) is 0 Å². The lowest BCUT2D eigenvalue weighted by atomic mass is 12.0. The van der Waals surface area contributed by atoms with Crippen molar-refractivity contribution in [3.8, 4) is 0 Å². The number of hydrogen-bond donors (Lipinski definition) is 0. The van der Waals surface area contributed by atoms with Gasteiger partial charge in [0.05, 0.1) is 0 Å². The van der Waals surface area contributed by atoms with E-state index in [1.54, 1.807) is 0 Å². The minimum atomic E-state index is 0. The molecule has 0 rings (SSSR count). The third kappa shape index (κ3) is 90.6. The Morgan fingerprint density at radius 1 is 0.400 bits per heavy atom. The van der Waals surface area contributed by atoms with Gasteiger partial charge in [-0.2, -0.15) is 0 Å². The van der Waals surface area contributed by atoms with Gasteiger partial charge in [0.1, 0.15) is 0 Å². The van der Waals surface area contributed by atoms with E-state index in [1.165, 1.54) is 0 Å². The maximum absolute atomic E-state index is 0. The molecule has 0 aromatic carbocycles. The molecule has 0 unspecified atom stereocenters. The van der Waals surface area contributed by atoms with Crippen molar-refractivity contribution in [2.75, 3.05) is 0 Å². The van der Waals surface area contributed by atoms with Crippen LogP contribution in [0.1, 0.15) is 22.3 Å². The summed E-state index contributed by atoms with van der Waals surface area (Å²) in [7, 11) is 0. The quantitative estimate of drug-likeness (QED) is 0.462. The van der Waals surface area contributed by atoms with E-state index in [2.05, 4.69) is 0 Å². The Morgan fingerprint density at radius 2 is 0.400 bits per heavy atom. The van der Waals surface area contributed by atoms with Crippen LogP contribution in [0, 0.1) is 0 Å². The Labute approximate surface area is 47.8 Å². The highest BCUT2D eigenvalue weighted by Crippen LogP contribution is 0.691. The van der Waals surface area contributed by atoms with Crippen LogP contribution in [-0.4, -0.2) is 0 Å². The van der Waals surface area contributed by atoms with Gasteiger partial charge in [-0.05, 0) is 0 Å². The lowest BCUT2D eigenvalue weighted by Crippen LogP contribution is 0.143. The molecule has 0 aromatic heterocycles. The highest BCUT2D eigenvalue weighted by atomic mass is 35.5. The molecule has 0 saturated heterocycles. The van der Waals surface area contributed by atoms with Gasteiger partial charge in [0, 0.05) is 0 Å². The minimum absolute atomic E-state index is 0. The first-order chi connectivity index (χ1) is 0. The molecule has 0 atom stereocenters. The minimum Gasteiger partial charge on any atom is -0.147 e. The van der Waals surface area contributed by atoms with E-state index in [4.69, 9.17) is 0 Å². The van der Waals surface area contributed by atoms with E-state index in [-0.39, 0.29) is 47.1 Å². The molecular weight excluding hydrogens is 107 g/mol. The molecule has 40 valence electrons. The van der Waals surface area contributed by atoms with Gasteiger partial charge < -0.3 is 0 Å². The first-order valence-corrected chi connectivity index (χ1v) is 0. The summed E-state index contributed by atoms with van der Waals surface area (Å²) in [5.41, 5.74) is 0. The predicted molar refractivity (Wildman–Crippen MR) is 34.7 cm³/mol. The highest BCUT2D eigenvalue weighted by Gasteiger charge is -0.0755. The van der Waals surface area contributed by atoms with Gasteiger partial charge in [-0.1, -0.05) is 22.3 Å². The van der Waals surface area contributed by atoms with Gasteiger partial charge in [0.15, 0.2) is 0 Å². The smallest absolute Gasteiger partial charge is 0.0776 e. The molecule has 0 amide bonds. The molecule has 0 heterocycles. The van der Waals surface area contributed by atoms with Crippen LogP contribution in [0.25, 0.3) is 0 Å². The summed E-state index contributed by atoms with van der Waals surface area (Å²) < 4.78 is 0. The second-order valence-corrected chi connectivity index (χ2v) is 0. The van der Waals surface area contributed by atoms with Gasteiger partial charge >= 0.3 is 0 Å². The second-order valence-electron chi connectivity index (χ2n) is 0. The molecule has 0 aliphatic rings. The maximum Gasteiger partial charge on any atom is -0.0776 e. The van der Waals surface area contributed by atoms with Gasteiger partial charge in [0.25, 0.3) is 0 Å². The standard InChI is InChI=1S/3CH4.2ClH/h3*1H4;2*1H. The van der Waals surface area contributed by atoms with Gasteiger partial charge in [-0.3, -0.25) is 0 Å². The molecule has 0 fully saturated rings. The molecule has 0 spiro atoms. The zero-order chi connectivity index (χ0) is 0. The van der Waals surface area contributed by atoms with Crippen LogP contribution in [0.2, 0.25) is 0 Å². The van der Waals surface area contributed by atoms with Crippen LogP contribution in [-0.2, 0) is 0 Å². The zero-order valence-corrected chi connectivity index (χ0v) is 2.45. The summed E-state index contributed by atoms with van der Waals surface area (Å²) in [4.78, 5) is 0. The van der Waals surface area contributed by atoms with Crippen LogP contribution in [0.5, 0.6) is 0 Å². The molecule has 0 nitrogen and oxygen atoms in total. The van der Waals surface area contributed by atoms with Gasteiger partial charge in [-0.25, -0.2) is 0 Å². The van der Waals surface area contributed by atoms with E-state index >= 15 is 0 Å². The van der Waals surface area contributed by atoms with Crippen molar-refractivity contribution in [2.45, 2.75) is 22.3 Å². The molecule has 0 bridgehead atoms. The number of hydrogen-bond acceptors (Lipinski definition) is 0. The van der Waals surface area contributed by atoms with Crippen molar-refractivity contribution in [1.82, 2.24) is 0 Å². The van der Waals surface area contributed by atoms with Crippen molar-refractivity contribution in [3.63, 3.8) is 0 Å². The fourth-order valence-corrected chi connectivity index (χ4v) is 0. The average Bonchev–Trinajstić information content (AvgIpc) is 0. The molecule has 2 heteroatoms. The van der Waals surface area contributed by atoms with E-state index in [1.807, 2.05) is 0 Å². The van der Waals surface area contributed by atoms with Crippen molar-refractivity contribution in [1.29, 1.82) is 0 Å². The summed E-state index contributed by atoms with van der Waals surface area (Å²) >= 11 is 0. The largest absolute Gasteiger partial charge is 0.147 e. The second kappa shape index (κ2) is 174. The molecule has 5 heavy (non-hydrogen) atoms. The Hall–Kier alpha value is 0.580. The Bertz CT molecular complexity index is 4.85. The number of halogens is 2. The van der Waals surface area contributed by atoms with Crippen LogP contribution in [0.4, 0.5) is 0 Å². The van der Waals surface area contributed by atoms with Crippen molar-refractivity contribution in [3.05, 3.63) is 0 Å². The lowest BCUT2D eigenvalue weighted by Gasteiger charge is -0.148. The van der Waals surface area contributed by atoms with Crippen molar-refractivity contribution < 1.29 is 0 Å². The first-order valence-electron chi connectivity index (χ1n) is 0. The van der Waals surface area contributed by atoms with Crippen LogP contribution < -0.4 is 0 Å². The van der Waals surface area contributed by atoms with Gasteiger partial charge in [-0.15, -0.1) is 24.8 Å². The van der Waals surface area contributed by atoms with Crippen LogP contribution >= 0.6 is 24.8 Å². The predicted octanol–water partition coefficient (Wildman–Crippen LogP) is 2.75. The summed E-state index contributed by atoms with van der Waals surface area (Å²) in [6.45, 7) is 0. The first kappa shape index (κ1) is 348. The van der Waals surface area contributed by atoms with E-state index < -0.39 is 0 Å². The maximum atomic E-state index is 0. The SMILES string of the molecule is C.C.C.Cl.Cl. The van der Waals surface area contributed by atoms with Crippen LogP contribution in [0.15, 0.2) is 0 Å². The van der Waals surface area contributed by atoms with Crippen molar-refractivity contribution in [2.24, 2.45) is 0 Å². The average molecular weight is 121 g/mol. The fraction of sp³-hybridized carbons (Fsp3) is 1.00. The zero-order valence-electron chi connectivity index (χ0n) is 0.816. The summed E-state index contributed by atoms with van der Waals surface area (Å²) in [6, 6.07) is 0. The molecule has 0 saturated carbocycles. The molecule has 0 aromatic rings. The van der Waals surface area contributed by atoms with Gasteiger partial charge in [0.2, 0.25) is 0 Å². The van der Waals surface area contributed by atoms with E-state index in [9.17, 15) is 0 Å².